The van der Waals surface area contributed by atoms with Crippen molar-refractivity contribution in [2.75, 3.05) is 12.3 Å². The molecule has 3 N–H and O–H groups in total. The highest BCUT2D eigenvalue weighted by atomic mass is 32.2. The molecule has 0 bridgehead atoms. The van der Waals surface area contributed by atoms with E-state index in [0.717, 1.165) is 9.75 Å². The summed E-state index contributed by atoms with van der Waals surface area (Å²) >= 11 is 1.48. The van der Waals surface area contributed by atoms with Crippen LogP contribution in [0.1, 0.15) is 30.0 Å². The van der Waals surface area contributed by atoms with E-state index in [4.69, 9.17) is 5.73 Å². The number of nitrogens with one attached hydrogen (secondary N) is 1. The zero-order valence-electron chi connectivity index (χ0n) is 11.3. The lowest BCUT2D eigenvalue weighted by Crippen LogP contribution is -2.26. The van der Waals surface area contributed by atoms with Gasteiger partial charge in [0.1, 0.15) is 0 Å². The van der Waals surface area contributed by atoms with Crippen molar-refractivity contribution in [2.45, 2.75) is 26.8 Å². The Morgan fingerprint density at radius 1 is 1.42 bits per heavy atom. The minimum absolute atomic E-state index is 0.176. The first-order valence-electron chi connectivity index (χ1n) is 6.18. The van der Waals surface area contributed by atoms with Gasteiger partial charge in [-0.25, -0.2) is 13.1 Å². The van der Waals surface area contributed by atoms with Gasteiger partial charge in [0, 0.05) is 11.4 Å². The summed E-state index contributed by atoms with van der Waals surface area (Å²) in [5.41, 5.74) is 5.30. The monoisotopic (exact) mass is 300 g/mol. The molecule has 6 heteroatoms. The molecule has 0 aliphatic carbocycles. The molecule has 0 unspecified atom stereocenters. The molecular weight excluding hydrogens is 280 g/mol. The third-order valence-corrected chi connectivity index (χ3v) is 4.76. The van der Waals surface area contributed by atoms with Crippen molar-refractivity contribution in [1.82, 2.24) is 4.72 Å². The van der Waals surface area contributed by atoms with Crippen LogP contribution in [0.5, 0.6) is 0 Å². The number of hydrogen-bond donors (Lipinski definition) is 2. The van der Waals surface area contributed by atoms with Gasteiger partial charge in [0.15, 0.2) is 0 Å². The number of nitrogens with two attached hydrogens (primary N) is 1. The quantitative estimate of drug-likeness (QED) is 0.783. The Morgan fingerprint density at radius 3 is 2.79 bits per heavy atom. The Balaban J connectivity index is 2.50. The van der Waals surface area contributed by atoms with Crippen molar-refractivity contribution in [3.8, 4) is 11.8 Å². The van der Waals surface area contributed by atoms with Gasteiger partial charge < -0.3 is 5.73 Å². The van der Waals surface area contributed by atoms with Crippen LogP contribution in [0.2, 0.25) is 0 Å². The van der Waals surface area contributed by atoms with Crippen LogP contribution in [-0.4, -0.2) is 20.7 Å². The Hall–Kier alpha value is -0.870. The zero-order chi connectivity index (χ0) is 14.3. The van der Waals surface area contributed by atoms with Gasteiger partial charge in [-0.3, -0.25) is 0 Å². The Bertz CT molecular complexity index is 551. The van der Waals surface area contributed by atoms with Gasteiger partial charge >= 0.3 is 0 Å². The van der Waals surface area contributed by atoms with E-state index >= 15 is 0 Å². The minimum atomic E-state index is -3.18. The van der Waals surface area contributed by atoms with Crippen LogP contribution >= 0.6 is 11.3 Å². The van der Waals surface area contributed by atoms with E-state index in [0.29, 0.717) is 25.4 Å². The molecule has 0 spiro atoms. The summed E-state index contributed by atoms with van der Waals surface area (Å²) < 4.78 is 26.1. The normalized spacial score (nSPS) is 11.4. The Kier molecular flexibility index (Phi) is 6.52. The van der Waals surface area contributed by atoms with Crippen LogP contribution < -0.4 is 10.5 Å². The van der Waals surface area contributed by atoms with E-state index in [9.17, 15) is 8.42 Å². The number of sulfonamides is 1. The smallest absolute Gasteiger partial charge is 0.211 e. The SMILES string of the molecule is CC(C)CCS(=O)(=O)NCc1ccc(C#CCN)s1. The predicted octanol–water partition coefficient (Wildman–Crippen LogP) is 1.52. The lowest BCUT2D eigenvalue weighted by atomic mass is 10.2. The largest absolute Gasteiger partial charge is 0.320 e. The second-order valence-electron chi connectivity index (χ2n) is 4.59. The average Bonchev–Trinajstić information content (AvgIpc) is 2.80. The Morgan fingerprint density at radius 2 is 2.16 bits per heavy atom. The highest BCUT2D eigenvalue weighted by molar-refractivity contribution is 7.89. The van der Waals surface area contributed by atoms with E-state index in [1.807, 2.05) is 26.0 Å². The average molecular weight is 300 g/mol. The third-order valence-electron chi connectivity index (χ3n) is 2.41. The van der Waals surface area contributed by atoms with Gasteiger partial charge in [-0.05, 0) is 24.5 Å². The van der Waals surface area contributed by atoms with Crippen molar-refractivity contribution < 1.29 is 8.42 Å². The van der Waals surface area contributed by atoms with Crippen LogP contribution in [0.4, 0.5) is 0 Å². The van der Waals surface area contributed by atoms with Gasteiger partial charge in [-0.1, -0.05) is 25.7 Å². The second kappa shape index (κ2) is 7.65. The van der Waals surface area contributed by atoms with E-state index in [1.54, 1.807) is 0 Å². The molecule has 1 aromatic heterocycles. The number of thiophene rings is 1. The molecule has 0 saturated carbocycles. The standard InChI is InChI=1S/C13H20N2O2S2/c1-11(2)7-9-19(16,17)15-10-13-6-5-12(18-13)4-3-8-14/h5-6,11,15H,7-10,14H2,1-2H3. The van der Waals surface area contributed by atoms with E-state index in [-0.39, 0.29) is 5.75 Å². The minimum Gasteiger partial charge on any atom is -0.320 e. The van der Waals surface area contributed by atoms with E-state index in [1.165, 1.54) is 11.3 Å². The molecule has 1 rings (SSSR count). The maximum Gasteiger partial charge on any atom is 0.211 e. The van der Waals surface area contributed by atoms with Gasteiger partial charge in [-0.15, -0.1) is 11.3 Å². The van der Waals surface area contributed by atoms with Crippen molar-refractivity contribution in [3.05, 3.63) is 21.9 Å². The van der Waals surface area contributed by atoms with Crippen LogP contribution in [0.15, 0.2) is 12.1 Å². The highest BCUT2D eigenvalue weighted by Crippen LogP contribution is 2.15. The maximum atomic E-state index is 11.7. The highest BCUT2D eigenvalue weighted by Gasteiger charge is 2.11. The molecule has 19 heavy (non-hydrogen) atoms. The molecule has 0 radical (unpaired) electrons. The Labute approximate surface area is 119 Å². The van der Waals surface area contributed by atoms with Gasteiger partial charge in [0.05, 0.1) is 17.2 Å². The molecule has 0 aliphatic rings. The molecule has 0 aromatic carbocycles. The molecule has 0 atom stereocenters. The van der Waals surface area contributed by atoms with Crippen molar-refractivity contribution in [3.63, 3.8) is 0 Å². The fourth-order valence-electron chi connectivity index (χ4n) is 1.32. The molecule has 106 valence electrons. The lowest BCUT2D eigenvalue weighted by Gasteiger charge is -2.07. The number of rotatable bonds is 6. The topological polar surface area (TPSA) is 72.2 Å². The number of hydrogen-bond acceptors (Lipinski definition) is 4. The second-order valence-corrected chi connectivity index (χ2v) is 7.69. The molecule has 0 aliphatic heterocycles. The molecule has 0 saturated heterocycles. The van der Waals surface area contributed by atoms with Gasteiger partial charge in [0.25, 0.3) is 0 Å². The molecule has 1 aromatic rings. The molecule has 0 fully saturated rings. The predicted molar refractivity (Wildman–Crippen MR) is 80.3 cm³/mol. The van der Waals surface area contributed by atoms with Crippen molar-refractivity contribution in [1.29, 1.82) is 0 Å². The fourth-order valence-corrected chi connectivity index (χ4v) is 3.54. The molecule has 4 nitrogen and oxygen atoms in total. The summed E-state index contributed by atoms with van der Waals surface area (Å²) in [6.45, 7) is 4.68. The van der Waals surface area contributed by atoms with Gasteiger partial charge in [-0.2, -0.15) is 0 Å². The maximum absolute atomic E-state index is 11.7. The third kappa shape index (κ3) is 6.73. The summed E-state index contributed by atoms with van der Waals surface area (Å²) in [5, 5.41) is 0. The summed E-state index contributed by atoms with van der Waals surface area (Å²) in [5.74, 6) is 6.26. The first-order chi connectivity index (χ1) is 8.93. The van der Waals surface area contributed by atoms with Crippen LogP contribution in [0.3, 0.4) is 0 Å². The van der Waals surface area contributed by atoms with Gasteiger partial charge in [0.2, 0.25) is 10.0 Å². The molecule has 1 heterocycles. The summed E-state index contributed by atoms with van der Waals surface area (Å²) in [6.07, 6.45) is 0.674. The lowest BCUT2D eigenvalue weighted by molar-refractivity contribution is 0.562. The summed E-state index contributed by atoms with van der Waals surface area (Å²) in [4.78, 5) is 1.86. The zero-order valence-corrected chi connectivity index (χ0v) is 12.9. The summed E-state index contributed by atoms with van der Waals surface area (Å²) in [7, 11) is -3.18. The van der Waals surface area contributed by atoms with E-state index in [2.05, 4.69) is 16.6 Å². The molecular formula is C13H20N2O2S2. The van der Waals surface area contributed by atoms with Crippen LogP contribution in [0.25, 0.3) is 0 Å². The van der Waals surface area contributed by atoms with E-state index < -0.39 is 10.0 Å². The van der Waals surface area contributed by atoms with Crippen LogP contribution in [0, 0.1) is 17.8 Å². The van der Waals surface area contributed by atoms with Crippen LogP contribution in [-0.2, 0) is 16.6 Å². The molecule has 0 amide bonds. The summed E-state index contributed by atoms with van der Waals surface area (Å²) in [6, 6.07) is 3.77. The van der Waals surface area contributed by atoms with Crippen molar-refractivity contribution in [2.24, 2.45) is 11.7 Å². The first-order valence-corrected chi connectivity index (χ1v) is 8.65. The fraction of sp³-hybridized carbons (Fsp3) is 0.538. The van der Waals surface area contributed by atoms with Crippen molar-refractivity contribution >= 4 is 21.4 Å². The first kappa shape index (κ1) is 16.2.